The van der Waals surface area contributed by atoms with Crippen LogP contribution in [-0.2, 0) is 14.8 Å². The van der Waals surface area contributed by atoms with E-state index in [0.29, 0.717) is 31.9 Å². The van der Waals surface area contributed by atoms with Crippen molar-refractivity contribution in [1.29, 1.82) is 0 Å². The van der Waals surface area contributed by atoms with E-state index in [1.807, 2.05) is 13.8 Å². The highest BCUT2D eigenvalue weighted by Crippen LogP contribution is 2.24. The molecule has 0 aromatic carbocycles. The quantitative estimate of drug-likeness (QED) is 0.772. The van der Waals surface area contributed by atoms with Gasteiger partial charge in [0.05, 0.1) is 18.5 Å². The molecular formula is C12H20N4O3S. The Hall–Kier alpha value is -1.25. The molecule has 0 saturated heterocycles. The SMILES string of the molecule is CCNc1ncc(S(=O)(=O)NC2CC(OCC)C2)cn1. The van der Waals surface area contributed by atoms with Gasteiger partial charge < -0.3 is 10.1 Å². The maximum atomic E-state index is 12.1. The number of nitrogens with zero attached hydrogens (tertiary/aromatic N) is 2. The molecule has 0 aliphatic heterocycles. The lowest BCUT2D eigenvalue weighted by Gasteiger charge is -2.34. The summed E-state index contributed by atoms with van der Waals surface area (Å²) >= 11 is 0. The van der Waals surface area contributed by atoms with E-state index in [1.165, 1.54) is 12.4 Å². The van der Waals surface area contributed by atoms with Crippen LogP contribution in [0.4, 0.5) is 5.95 Å². The van der Waals surface area contributed by atoms with Gasteiger partial charge in [0, 0.05) is 19.2 Å². The normalized spacial score (nSPS) is 22.3. The molecular weight excluding hydrogens is 280 g/mol. The third kappa shape index (κ3) is 3.65. The molecule has 20 heavy (non-hydrogen) atoms. The standard InChI is InChI=1S/C12H20N4O3S/c1-3-13-12-14-7-11(8-15-12)20(17,18)16-9-5-10(6-9)19-4-2/h7-10,16H,3-6H2,1-2H3,(H,13,14,15). The highest BCUT2D eigenvalue weighted by atomic mass is 32.2. The zero-order valence-electron chi connectivity index (χ0n) is 11.7. The van der Waals surface area contributed by atoms with Crippen molar-refractivity contribution in [1.82, 2.24) is 14.7 Å². The molecule has 0 amide bonds. The minimum atomic E-state index is -3.55. The second kappa shape index (κ2) is 6.47. The van der Waals surface area contributed by atoms with Crippen LogP contribution < -0.4 is 10.0 Å². The van der Waals surface area contributed by atoms with E-state index in [4.69, 9.17) is 4.74 Å². The van der Waals surface area contributed by atoms with Gasteiger partial charge in [-0.1, -0.05) is 0 Å². The van der Waals surface area contributed by atoms with Crippen LogP contribution in [0.1, 0.15) is 26.7 Å². The third-order valence-electron chi connectivity index (χ3n) is 3.09. The molecule has 1 aromatic rings. The smallest absolute Gasteiger partial charge is 0.243 e. The Morgan fingerprint density at radius 3 is 2.50 bits per heavy atom. The minimum absolute atomic E-state index is 0.0648. The van der Waals surface area contributed by atoms with E-state index < -0.39 is 10.0 Å². The molecule has 0 spiro atoms. The van der Waals surface area contributed by atoms with Gasteiger partial charge in [0.25, 0.3) is 0 Å². The molecule has 1 heterocycles. The molecule has 1 aromatic heterocycles. The molecule has 0 atom stereocenters. The largest absolute Gasteiger partial charge is 0.378 e. The molecule has 7 nitrogen and oxygen atoms in total. The first-order chi connectivity index (χ1) is 9.55. The monoisotopic (exact) mass is 300 g/mol. The first-order valence-electron chi connectivity index (χ1n) is 6.75. The lowest BCUT2D eigenvalue weighted by Crippen LogP contribution is -2.47. The molecule has 112 valence electrons. The van der Waals surface area contributed by atoms with Gasteiger partial charge in [-0.2, -0.15) is 0 Å². The van der Waals surface area contributed by atoms with Gasteiger partial charge in [0.2, 0.25) is 16.0 Å². The highest BCUT2D eigenvalue weighted by Gasteiger charge is 2.33. The summed E-state index contributed by atoms with van der Waals surface area (Å²) in [6, 6.07) is -0.0648. The predicted octanol–water partition coefficient (Wildman–Crippen LogP) is 0.754. The van der Waals surface area contributed by atoms with Crippen LogP contribution in [0.2, 0.25) is 0 Å². The average molecular weight is 300 g/mol. The lowest BCUT2D eigenvalue weighted by atomic mass is 9.90. The van der Waals surface area contributed by atoms with E-state index in [1.54, 1.807) is 0 Å². The van der Waals surface area contributed by atoms with Gasteiger partial charge in [0.15, 0.2) is 0 Å². The van der Waals surface area contributed by atoms with E-state index in [2.05, 4.69) is 20.0 Å². The first-order valence-corrected chi connectivity index (χ1v) is 8.23. The summed E-state index contributed by atoms with van der Waals surface area (Å²) in [4.78, 5) is 8.01. The number of hydrogen-bond donors (Lipinski definition) is 2. The van der Waals surface area contributed by atoms with Gasteiger partial charge in [-0.25, -0.2) is 23.1 Å². The number of ether oxygens (including phenoxy) is 1. The Kier molecular flexibility index (Phi) is 4.90. The van der Waals surface area contributed by atoms with Gasteiger partial charge >= 0.3 is 0 Å². The van der Waals surface area contributed by atoms with Crippen molar-refractivity contribution in [2.24, 2.45) is 0 Å². The summed E-state index contributed by atoms with van der Waals surface area (Å²) in [6.45, 7) is 5.19. The van der Waals surface area contributed by atoms with Crippen LogP contribution in [-0.4, -0.2) is 43.7 Å². The van der Waals surface area contributed by atoms with Crippen molar-refractivity contribution in [2.45, 2.75) is 43.7 Å². The van der Waals surface area contributed by atoms with Crippen LogP contribution in [0.25, 0.3) is 0 Å². The van der Waals surface area contributed by atoms with Gasteiger partial charge in [-0.05, 0) is 26.7 Å². The van der Waals surface area contributed by atoms with Crippen molar-refractivity contribution in [3.05, 3.63) is 12.4 Å². The van der Waals surface area contributed by atoms with Crippen molar-refractivity contribution in [3.63, 3.8) is 0 Å². The fraction of sp³-hybridized carbons (Fsp3) is 0.667. The van der Waals surface area contributed by atoms with Crippen molar-refractivity contribution < 1.29 is 13.2 Å². The summed E-state index contributed by atoms with van der Waals surface area (Å²) in [5, 5.41) is 2.92. The molecule has 1 saturated carbocycles. The molecule has 2 N–H and O–H groups in total. The van der Waals surface area contributed by atoms with Crippen LogP contribution in [0, 0.1) is 0 Å². The Balaban J connectivity index is 1.93. The maximum absolute atomic E-state index is 12.1. The van der Waals surface area contributed by atoms with Crippen molar-refractivity contribution in [2.75, 3.05) is 18.5 Å². The van der Waals surface area contributed by atoms with Crippen molar-refractivity contribution in [3.8, 4) is 0 Å². The maximum Gasteiger partial charge on any atom is 0.243 e. The average Bonchev–Trinajstić information content (AvgIpc) is 2.37. The van der Waals surface area contributed by atoms with E-state index in [-0.39, 0.29) is 17.0 Å². The third-order valence-corrected chi connectivity index (χ3v) is 4.57. The summed E-state index contributed by atoms with van der Waals surface area (Å²) in [6.07, 6.45) is 4.21. The number of rotatable bonds is 7. The Morgan fingerprint density at radius 1 is 1.30 bits per heavy atom. The second-order valence-electron chi connectivity index (χ2n) is 4.64. The zero-order valence-corrected chi connectivity index (χ0v) is 12.5. The van der Waals surface area contributed by atoms with E-state index in [0.717, 1.165) is 0 Å². The first kappa shape index (κ1) is 15.1. The van der Waals surface area contributed by atoms with Gasteiger partial charge in [-0.15, -0.1) is 0 Å². The fourth-order valence-corrected chi connectivity index (χ4v) is 3.18. The lowest BCUT2D eigenvalue weighted by molar-refractivity contribution is -0.00475. The van der Waals surface area contributed by atoms with Crippen LogP contribution >= 0.6 is 0 Å². The predicted molar refractivity (Wildman–Crippen MR) is 75.0 cm³/mol. The Labute approximate surface area is 119 Å². The molecule has 8 heteroatoms. The van der Waals surface area contributed by atoms with Gasteiger partial charge in [-0.3, -0.25) is 0 Å². The topological polar surface area (TPSA) is 93.2 Å². The second-order valence-corrected chi connectivity index (χ2v) is 6.35. The molecule has 1 aliphatic carbocycles. The van der Waals surface area contributed by atoms with Gasteiger partial charge in [0.1, 0.15) is 4.90 Å². The van der Waals surface area contributed by atoms with Crippen LogP contribution in [0.15, 0.2) is 17.3 Å². The molecule has 0 radical (unpaired) electrons. The van der Waals surface area contributed by atoms with Crippen molar-refractivity contribution >= 4 is 16.0 Å². The number of anilines is 1. The van der Waals surface area contributed by atoms with E-state index >= 15 is 0 Å². The summed E-state index contributed by atoms with van der Waals surface area (Å²) in [5.41, 5.74) is 0. The highest BCUT2D eigenvalue weighted by molar-refractivity contribution is 7.89. The summed E-state index contributed by atoms with van der Waals surface area (Å²) in [5.74, 6) is 0.423. The summed E-state index contributed by atoms with van der Waals surface area (Å²) in [7, 11) is -3.55. The Morgan fingerprint density at radius 2 is 1.95 bits per heavy atom. The number of aromatic nitrogens is 2. The Bertz CT molecular complexity index is 526. The molecule has 1 fully saturated rings. The molecule has 0 bridgehead atoms. The zero-order chi connectivity index (χ0) is 14.6. The molecule has 0 unspecified atom stereocenters. The molecule has 2 rings (SSSR count). The molecule has 1 aliphatic rings. The minimum Gasteiger partial charge on any atom is -0.378 e. The van der Waals surface area contributed by atoms with E-state index in [9.17, 15) is 8.42 Å². The fourth-order valence-electron chi connectivity index (χ4n) is 2.03. The van der Waals surface area contributed by atoms with Crippen LogP contribution in [0.5, 0.6) is 0 Å². The summed E-state index contributed by atoms with van der Waals surface area (Å²) < 4.78 is 32.3. The number of hydrogen-bond acceptors (Lipinski definition) is 6. The number of nitrogens with one attached hydrogen (secondary N) is 2. The van der Waals surface area contributed by atoms with Crippen LogP contribution in [0.3, 0.4) is 0 Å². The number of sulfonamides is 1.